The Morgan fingerprint density at radius 1 is 1.38 bits per heavy atom. The molecule has 2 rings (SSSR count). The van der Waals surface area contributed by atoms with Gasteiger partial charge in [-0.15, -0.1) is 0 Å². The van der Waals surface area contributed by atoms with Gasteiger partial charge >= 0.3 is 12.3 Å². The molecule has 0 aliphatic carbocycles. The summed E-state index contributed by atoms with van der Waals surface area (Å²) in [6.45, 7) is -3.08. The number of hydrogen-bond acceptors (Lipinski definition) is 6. The Balaban J connectivity index is 2.50. The van der Waals surface area contributed by atoms with Crippen molar-refractivity contribution in [1.82, 2.24) is 4.98 Å². The molecule has 1 heterocycles. The number of rotatable bonds is 8. The van der Waals surface area contributed by atoms with E-state index in [4.69, 9.17) is 11.6 Å². The average Bonchev–Trinajstić information content (AvgIpc) is 2.54. The number of alkyl halides is 2. The zero-order valence-electron chi connectivity index (χ0n) is 12.9. The van der Waals surface area contributed by atoms with Crippen LogP contribution in [0.3, 0.4) is 0 Å². The first-order valence-corrected chi connectivity index (χ1v) is 8.25. The first-order chi connectivity index (χ1) is 12.3. The van der Waals surface area contributed by atoms with E-state index in [1.807, 2.05) is 0 Å². The minimum Gasteiger partial charge on any atom is -0.434 e. The molecule has 1 N–H and O–H groups in total. The third-order valence-corrected chi connectivity index (χ3v) is 4.16. The maximum atomic E-state index is 12.7. The molecule has 0 spiro atoms. The minimum absolute atomic E-state index is 0.0147. The Kier molecular flexibility index (Phi) is 6.81. The van der Waals surface area contributed by atoms with Crippen molar-refractivity contribution in [2.24, 2.45) is 0 Å². The van der Waals surface area contributed by atoms with Gasteiger partial charge in [-0.2, -0.15) is 8.78 Å². The molecule has 0 aliphatic heterocycles. The molecular formula is C15H11BrClF2N3O4. The molecule has 1 aromatic carbocycles. The van der Waals surface area contributed by atoms with Crippen molar-refractivity contribution in [2.75, 3.05) is 5.32 Å². The number of carbonyl (C=O) groups excluding carboxylic acids is 1. The highest BCUT2D eigenvalue weighted by Gasteiger charge is 2.25. The third-order valence-electron chi connectivity index (χ3n) is 3.26. The summed E-state index contributed by atoms with van der Waals surface area (Å²) in [4.78, 5) is 25.4. The van der Waals surface area contributed by atoms with Crippen LogP contribution in [0.25, 0.3) is 0 Å². The molecule has 0 saturated heterocycles. The van der Waals surface area contributed by atoms with E-state index in [9.17, 15) is 23.7 Å². The Hall–Kier alpha value is -2.33. The Morgan fingerprint density at radius 3 is 2.73 bits per heavy atom. The lowest BCUT2D eigenvalue weighted by Crippen LogP contribution is -2.16. The summed E-state index contributed by atoms with van der Waals surface area (Å²) in [6, 6.07) is 5.79. The fraction of sp³-hybridized carbons (Fsp3) is 0.200. The van der Waals surface area contributed by atoms with Crippen LogP contribution < -0.4 is 10.1 Å². The van der Waals surface area contributed by atoms with Gasteiger partial charge < -0.3 is 14.8 Å². The summed E-state index contributed by atoms with van der Waals surface area (Å²) in [5, 5.41) is 13.9. The monoisotopic (exact) mass is 449 g/mol. The van der Waals surface area contributed by atoms with Crippen molar-refractivity contribution in [3.63, 3.8) is 0 Å². The number of carbonyl (C=O) groups is 1. The number of nitrogens with zero attached hydrogens (tertiary/aromatic N) is 2. The fourth-order valence-electron chi connectivity index (χ4n) is 2.25. The molecular weight excluding hydrogens is 440 g/mol. The van der Waals surface area contributed by atoms with Gasteiger partial charge in [0, 0.05) is 22.5 Å². The first-order valence-electron chi connectivity index (χ1n) is 7.07. The third kappa shape index (κ3) is 4.85. The predicted octanol–water partition coefficient (Wildman–Crippen LogP) is 4.75. The molecule has 0 amide bonds. The van der Waals surface area contributed by atoms with Crippen LogP contribution in [0.15, 0.2) is 34.8 Å². The standard InChI is InChI=1S/C15H11BrClF2N3O4/c16-8-2-1-3-11(26-15(18)19)13(8)9(6-7-23)20-14-10(22(24)25)4-5-12(17)21-14/h1-5,7,9,15H,6H2,(H,20,21)/t9-/m0/s1. The predicted molar refractivity (Wildman–Crippen MR) is 93.7 cm³/mol. The lowest BCUT2D eigenvalue weighted by atomic mass is 10.0. The van der Waals surface area contributed by atoms with E-state index in [1.54, 1.807) is 6.07 Å². The van der Waals surface area contributed by atoms with Crippen LogP contribution in [-0.2, 0) is 4.79 Å². The molecule has 7 nitrogen and oxygen atoms in total. The summed E-state index contributed by atoms with van der Waals surface area (Å²) in [5.74, 6) is -0.383. The Labute approximate surface area is 159 Å². The number of benzene rings is 1. The number of aromatic nitrogens is 1. The number of nitro groups is 1. The Bertz CT molecular complexity index is 825. The van der Waals surface area contributed by atoms with Crippen LogP contribution in [0.5, 0.6) is 5.75 Å². The highest BCUT2D eigenvalue weighted by atomic mass is 79.9. The minimum atomic E-state index is -3.08. The maximum absolute atomic E-state index is 12.7. The average molecular weight is 451 g/mol. The van der Waals surface area contributed by atoms with E-state index in [0.717, 1.165) is 6.07 Å². The van der Waals surface area contributed by atoms with Crippen molar-refractivity contribution >= 4 is 45.3 Å². The topological polar surface area (TPSA) is 94.4 Å². The zero-order valence-corrected chi connectivity index (χ0v) is 15.2. The molecule has 11 heteroatoms. The van der Waals surface area contributed by atoms with E-state index in [2.05, 4.69) is 31.0 Å². The van der Waals surface area contributed by atoms with E-state index in [1.165, 1.54) is 18.2 Å². The molecule has 138 valence electrons. The van der Waals surface area contributed by atoms with Crippen molar-refractivity contribution < 1.29 is 23.2 Å². The SMILES string of the molecule is O=CC[C@H](Nc1nc(Cl)ccc1[N+](=O)[O-])c1c(Br)cccc1OC(F)F. The number of ether oxygens (including phenoxy) is 1. The summed E-state index contributed by atoms with van der Waals surface area (Å²) in [5.41, 5.74) is -0.190. The van der Waals surface area contributed by atoms with Gasteiger partial charge in [-0.25, -0.2) is 4.98 Å². The van der Waals surface area contributed by atoms with Gasteiger partial charge in [-0.1, -0.05) is 33.6 Å². The molecule has 0 aliphatic rings. The van der Waals surface area contributed by atoms with Crippen LogP contribution in [0, 0.1) is 10.1 Å². The van der Waals surface area contributed by atoms with Crippen LogP contribution in [0.2, 0.25) is 5.15 Å². The number of hydrogen-bond donors (Lipinski definition) is 1. The van der Waals surface area contributed by atoms with Gasteiger partial charge in [0.25, 0.3) is 0 Å². The largest absolute Gasteiger partial charge is 0.434 e. The van der Waals surface area contributed by atoms with Gasteiger partial charge in [0.2, 0.25) is 5.82 Å². The number of aldehydes is 1. The molecule has 1 aromatic heterocycles. The van der Waals surface area contributed by atoms with E-state index in [0.29, 0.717) is 10.8 Å². The van der Waals surface area contributed by atoms with Gasteiger partial charge in [0.15, 0.2) is 0 Å². The summed E-state index contributed by atoms with van der Waals surface area (Å²) in [6.07, 6.45) is 0.354. The first kappa shape index (κ1) is 20.0. The summed E-state index contributed by atoms with van der Waals surface area (Å²) < 4.78 is 30.2. The zero-order chi connectivity index (χ0) is 19.3. The van der Waals surface area contributed by atoms with Gasteiger partial charge in [0.05, 0.1) is 11.0 Å². The lowest BCUT2D eigenvalue weighted by Gasteiger charge is -2.22. The fourth-order valence-corrected chi connectivity index (χ4v) is 3.02. The van der Waals surface area contributed by atoms with Gasteiger partial charge in [-0.3, -0.25) is 10.1 Å². The molecule has 0 radical (unpaired) electrons. The molecule has 2 aromatic rings. The van der Waals surface area contributed by atoms with E-state index < -0.39 is 17.6 Å². The molecule has 0 fully saturated rings. The van der Waals surface area contributed by atoms with Crippen molar-refractivity contribution in [2.45, 2.75) is 19.1 Å². The quantitative estimate of drug-likeness (QED) is 0.270. The number of nitrogens with one attached hydrogen (secondary N) is 1. The summed E-state index contributed by atoms with van der Waals surface area (Å²) in [7, 11) is 0. The van der Waals surface area contributed by atoms with Crippen molar-refractivity contribution in [3.8, 4) is 5.75 Å². The molecule has 1 atom stereocenters. The lowest BCUT2D eigenvalue weighted by molar-refractivity contribution is -0.384. The summed E-state index contributed by atoms with van der Waals surface area (Å²) >= 11 is 9.00. The highest BCUT2D eigenvalue weighted by molar-refractivity contribution is 9.10. The molecule has 26 heavy (non-hydrogen) atoms. The smallest absolute Gasteiger partial charge is 0.387 e. The van der Waals surface area contributed by atoms with Gasteiger partial charge in [0.1, 0.15) is 17.2 Å². The van der Waals surface area contributed by atoms with E-state index in [-0.39, 0.29) is 34.4 Å². The van der Waals surface area contributed by atoms with Crippen molar-refractivity contribution in [1.29, 1.82) is 0 Å². The highest BCUT2D eigenvalue weighted by Crippen LogP contribution is 2.38. The Morgan fingerprint density at radius 2 is 2.12 bits per heavy atom. The second-order valence-corrected chi connectivity index (χ2v) is 6.13. The van der Waals surface area contributed by atoms with Crippen molar-refractivity contribution in [3.05, 3.63) is 55.6 Å². The number of anilines is 1. The van der Waals surface area contributed by atoms with Crippen LogP contribution >= 0.6 is 27.5 Å². The van der Waals surface area contributed by atoms with Crippen LogP contribution in [0.1, 0.15) is 18.0 Å². The van der Waals surface area contributed by atoms with Crippen LogP contribution in [-0.4, -0.2) is 22.8 Å². The normalized spacial score (nSPS) is 11.9. The molecule has 0 saturated carbocycles. The maximum Gasteiger partial charge on any atom is 0.387 e. The second-order valence-electron chi connectivity index (χ2n) is 4.89. The molecule has 0 unspecified atom stereocenters. The number of pyridine rings is 1. The second kappa shape index (κ2) is 8.86. The van der Waals surface area contributed by atoms with E-state index >= 15 is 0 Å². The molecule has 0 bridgehead atoms. The van der Waals surface area contributed by atoms with Gasteiger partial charge in [-0.05, 0) is 18.2 Å². The number of halogens is 4. The van der Waals surface area contributed by atoms with Crippen LogP contribution in [0.4, 0.5) is 20.3 Å².